The van der Waals surface area contributed by atoms with Crippen LogP contribution < -0.4 is 11.3 Å². The molecule has 3 rings (SSSR count). The van der Waals surface area contributed by atoms with Gasteiger partial charge >= 0.3 is 0 Å². The number of hydrazine groups is 1. The highest BCUT2D eigenvalue weighted by molar-refractivity contribution is 7.99. The molecule has 1 amide bonds. The van der Waals surface area contributed by atoms with Crippen LogP contribution in [0.5, 0.6) is 0 Å². The second-order valence-corrected chi connectivity index (χ2v) is 6.81. The minimum Gasteiger partial charge on any atom is -0.379 e. The van der Waals surface area contributed by atoms with Crippen LogP contribution in [0.15, 0.2) is 18.2 Å². The van der Waals surface area contributed by atoms with Gasteiger partial charge in [0, 0.05) is 15.8 Å². The largest absolute Gasteiger partial charge is 0.379 e. The van der Waals surface area contributed by atoms with Crippen molar-refractivity contribution >= 4 is 39.1 Å². The summed E-state index contributed by atoms with van der Waals surface area (Å²) in [6.45, 7) is 1.43. The van der Waals surface area contributed by atoms with E-state index in [1.54, 1.807) is 17.8 Å². The van der Waals surface area contributed by atoms with Crippen molar-refractivity contribution in [1.29, 1.82) is 0 Å². The molecule has 1 saturated heterocycles. The molecule has 0 bridgehead atoms. The summed E-state index contributed by atoms with van der Waals surface area (Å²) in [5, 5.41) is 0.953. The summed E-state index contributed by atoms with van der Waals surface area (Å²) >= 11 is 2.95. The van der Waals surface area contributed by atoms with Gasteiger partial charge in [-0.05, 0) is 17.7 Å². The van der Waals surface area contributed by atoms with Crippen molar-refractivity contribution in [2.45, 2.75) is 11.0 Å². The lowest BCUT2D eigenvalue weighted by Crippen LogP contribution is -2.31. The zero-order chi connectivity index (χ0) is 14.1. The molecule has 106 valence electrons. The molecule has 0 spiro atoms. The van der Waals surface area contributed by atoms with E-state index in [1.807, 2.05) is 6.07 Å². The van der Waals surface area contributed by atoms with E-state index in [2.05, 4.69) is 5.43 Å². The third-order valence-corrected chi connectivity index (χ3v) is 5.57. The van der Waals surface area contributed by atoms with Gasteiger partial charge in [-0.3, -0.25) is 10.2 Å². The fourth-order valence-corrected chi connectivity index (χ4v) is 4.37. The first kappa shape index (κ1) is 13.8. The number of hydrogen-bond acceptors (Lipinski definition) is 5. The van der Waals surface area contributed by atoms with E-state index in [0.717, 1.165) is 10.3 Å². The third-order valence-electron chi connectivity index (χ3n) is 3.17. The van der Waals surface area contributed by atoms with Crippen LogP contribution in [0.1, 0.15) is 15.2 Å². The topological polar surface area (TPSA) is 64.3 Å². The summed E-state index contributed by atoms with van der Waals surface area (Å²) in [7, 11) is 0. The molecule has 0 saturated carbocycles. The number of carbonyl (C=O) groups is 1. The molecule has 0 aliphatic carbocycles. The Morgan fingerprint density at radius 2 is 2.35 bits per heavy atom. The molecule has 2 heterocycles. The summed E-state index contributed by atoms with van der Waals surface area (Å²) in [6.07, 6.45) is 0. The number of halogens is 1. The van der Waals surface area contributed by atoms with Crippen molar-refractivity contribution < 1.29 is 13.9 Å². The van der Waals surface area contributed by atoms with Gasteiger partial charge < -0.3 is 4.74 Å². The lowest BCUT2D eigenvalue weighted by Gasteiger charge is -2.25. The van der Waals surface area contributed by atoms with Crippen LogP contribution in [0.25, 0.3) is 10.1 Å². The van der Waals surface area contributed by atoms with Crippen LogP contribution in [0.3, 0.4) is 0 Å². The number of thiophene rings is 1. The number of hydrogen-bond donors (Lipinski definition) is 2. The van der Waals surface area contributed by atoms with Crippen LogP contribution >= 0.6 is 23.1 Å². The fourth-order valence-electron chi connectivity index (χ4n) is 2.07. The Morgan fingerprint density at radius 1 is 1.55 bits per heavy atom. The van der Waals surface area contributed by atoms with Crippen molar-refractivity contribution in [3.8, 4) is 0 Å². The van der Waals surface area contributed by atoms with E-state index in [0.29, 0.717) is 34.5 Å². The fraction of sp³-hybridized carbons (Fsp3) is 0.308. The molecule has 1 fully saturated rings. The second kappa shape index (κ2) is 5.69. The van der Waals surface area contributed by atoms with Gasteiger partial charge in [0.05, 0.1) is 23.3 Å². The van der Waals surface area contributed by atoms with E-state index >= 15 is 0 Å². The van der Waals surface area contributed by atoms with Gasteiger partial charge in [-0.1, -0.05) is 6.07 Å². The molecule has 4 nitrogen and oxygen atoms in total. The van der Waals surface area contributed by atoms with Gasteiger partial charge in [0.1, 0.15) is 5.82 Å². The molecule has 0 unspecified atom stereocenters. The molecule has 1 aromatic carbocycles. The van der Waals surface area contributed by atoms with E-state index in [1.165, 1.54) is 17.4 Å². The number of nitrogens with two attached hydrogens (primary N) is 1. The number of carbonyl (C=O) groups excluding carboxylic acids is 1. The van der Waals surface area contributed by atoms with Crippen molar-refractivity contribution in [1.82, 2.24) is 5.43 Å². The normalized spacial score (nSPS) is 15.3. The zero-order valence-electron chi connectivity index (χ0n) is 10.5. The quantitative estimate of drug-likeness (QED) is 0.516. The number of nitrogens with one attached hydrogen (secondary N) is 1. The van der Waals surface area contributed by atoms with Crippen LogP contribution in [0.2, 0.25) is 0 Å². The van der Waals surface area contributed by atoms with E-state index in [4.69, 9.17) is 10.6 Å². The van der Waals surface area contributed by atoms with Crippen LogP contribution in [-0.2, 0) is 10.5 Å². The van der Waals surface area contributed by atoms with Crippen LogP contribution in [0, 0.1) is 5.82 Å². The van der Waals surface area contributed by atoms with Crippen molar-refractivity contribution in [3.63, 3.8) is 0 Å². The first-order valence-corrected chi connectivity index (χ1v) is 7.97. The van der Waals surface area contributed by atoms with Crippen LogP contribution in [-0.4, -0.2) is 24.4 Å². The summed E-state index contributed by atoms with van der Waals surface area (Å²) in [5.41, 5.74) is 2.86. The summed E-state index contributed by atoms with van der Waals surface area (Å²) in [6, 6.07) is 4.88. The summed E-state index contributed by atoms with van der Waals surface area (Å²) in [4.78, 5) is 12.3. The van der Waals surface area contributed by atoms with Crippen LogP contribution in [0.4, 0.5) is 4.39 Å². The summed E-state index contributed by atoms with van der Waals surface area (Å²) in [5.74, 6) is 5.13. The Hall–Kier alpha value is -1.15. The highest BCUT2D eigenvalue weighted by Crippen LogP contribution is 2.37. The van der Waals surface area contributed by atoms with Gasteiger partial charge in [-0.2, -0.15) is 0 Å². The standard InChI is InChI=1S/C13H13FN2O2S2/c14-9-2-1-3-10-11(9)8(6-19-7-4-18-5-7)12(20-10)13(17)16-15/h1-3,7H,4-6,15H2,(H,16,17). The highest BCUT2D eigenvalue weighted by Gasteiger charge is 2.24. The Kier molecular flexibility index (Phi) is 3.93. The second-order valence-electron chi connectivity index (χ2n) is 4.47. The molecule has 0 atom stereocenters. The Bertz CT molecular complexity index is 655. The number of thioether (sulfide) groups is 1. The minimum atomic E-state index is -0.369. The van der Waals surface area contributed by atoms with Gasteiger partial charge in [-0.15, -0.1) is 23.1 Å². The van der Waals surface area contributed by atoms with Gasteiger partial charge in [0.2, 0.25) is 0 Å². The zero-order valence-corrected chi connectivity index (χ0v) is 12.2. The Morgan fingerprint density at radius 3 is 3.00 bits per heavy atom. The first-order valence-electron chi connectivity index (χ1n) is 6.11. The molecule has 1 aromatic heterocycles. The number of fused-ring (bicyclic) bond motifs is 1. The maximum Gasteiger partial charge on any atom is 0.275 e. The monoisotopic (exact) mass is 312 g/mol. The lowest BCUT2D eigenvalue weighted by atomic mass is 10.1. The lowest BCUT2D eigenvalue weighted by molar-refractivity contribution is 0.0455. The van der Waals surface area contributed by atoms with Crippen molar-refractivity contribution in [3.05, 3.63) is 34.5 Å². The molecule has 1 aliphatic rings. The SMILES string of the molecule is NNC(=O)c1sc2cccc(F)c2c1CSC1COC1. The number of nitrogen functional groups attached to an aromatic ring is 1. The van der Waals surface area contributed by atoms with Gasteiger partial charge in [0.15, 0.2) is 0 Å². The molecule has 1 aliphatic heterocycles. The van der Waals surface area contributed by atoms with Gasteiger partial charge in [-0.25, -0.2) is 10.2 Å². The Labute approximate surface area is 123 Å². The number of rotatable bonds is 4. The minimum absolute atomic E-state index is 0.296. The van der Waals surface area contributed by atoms with Gasteiger partial charge in [0.25, 0.3) is 5.91 Å². The molecule has 0 radical (unpaired) electrons. The highest BCUT2D eigenvalue weighted by atomic mass is 32.2. The van der Waals surface area contributed by atoms with Crippen molar-refractivity contribution in [2.75, 3.05) is 13.2 Å². The van der Waals surface area contributed by atoms with E-state index < -0.39 is 0 Å². The third kappa shape index (κ3) is 2.42. The summed E-state index contributed by atoms with van der Waals surface area (Å²) < 4.78 is 19.9. The predicted octanol–water partition coefficient (Wildman–Crippen LogP) is 2.28. The first-order chi connectivity index (χ1) is 9.70. The molecular formula is C13H13FN2O2S2. The maximum absolute atomic E-state index is 14.1. The number of ether oxygens (including phenoxy) is 1. The molecule has 3 N–H and O–H groups in total. The van der Waals surface area contributed by atoms with Crippen molar-refractivity contribution in [2.24, 2.45) is 5.84 Å². The number of amides is 1. The smallest absolute Gasteiger partial charge is 0.275 e. The average molecular weight is 312 g/mol. The molecule has 2 aromatic rings. The molecule has 20 heavy (non-hydrogen) atoms. The van der Waals surface area contributed by atoms with E-state index in [-0.39, 0.29) is 11.7 Å². The maximum atomic E-state index is 14.1. The Balaban J connectivity index is 2.01. The average Bonchev–Trinajstić information content (AvgIpc) is 2.76. The molecule has 7 heteroatoms. The molecular weight excluding hydrogens is 299 g/mol. The van der Waals surface area contributed by atoms with E-state index in [9.17, 15) is 9.18 Å². The predicted molar refractivity (Wildman–Crippen MR) is 79.3 cm³/mol. The number of benzene rings is 1.